The number of nitrogens with one attached hydrogen (secondary N) is 1. The van der Waals surface area contributed by atoms with Crippen molar-refractivity contribution in [1.82, 2.24) is 10.2 Å². The number of benzene rings is 1. The van der Waals surface area contributed by atoms with E-state index >= 15 is 0 Å². The van der Waals surface area contributed by atoms with Gasteiger partial charge in [0, 0.05) is 25.0 Å². The zero-order valence-corrected chi connectivity index (χ0v) is 9.56. The third kappa shape index (κ3) is 1.66. The molecule has 16 heavy (non-hydrogen) atoms. The average molecular weight is 215 g/mol. The fourth-order valence-electron chi connectivity index (χ4n) is 2.54. The summed E-state index contributed by atoms with van der Waals surface area (Å²) >= 11 is 0. The fraction of sp³-hybridized carbons (Fsp3) is 0.462. The van der Waals surface area contributed by atoms with E-state index in [4.69, 9.17) is 0 Å². The second-order valence-corrected chi connectivity index (χ2v) is 4.72. The molecule has 1 aromatic rings. The van der Waals surface area contributed by atoms with Gasteiger partial charge in [-0.3, -0.25) is 4.99 Å². The van der Waals surface area contributed by atoms with Crippen molar-refractivity contribution in [2.45, 2.75) is 18.9 Å². The number of rotatable bonds is 1. The minimum Gasteiger partial charge on any atom is -0.352 e. The van der Waals surface area contributed by atoms with Crippen LogP contribution in [-0.4, -0.2) is 36.5 Å². The third-order valence-corrected chi connectivity index (χ3v) is 3.34. The second-order valence-electron chi connectivity index (χ2n) is 4.72. The smallest absolute Gasteiger partial charge is 0.194 e. The number of aliphatic imine (C=N–C) groups is 1. The number of hydrogen-bond acceptors (Lipinski definition) is 3. The Morgan fingerprint density at radius 1 is 1.25 bits per heavy atom. The Bertz CT molecular complexity index is 399. The first kappa shape index (κ1) is 9.70. The Balaban J connectivity index is 1.79. The zero-order chi connectivity index (χ0) is 11.0. The monoisotopic (exact) mass is 215 g/mol. The SMILES string of the molecule is CC1CN2CC(c3ccccc3)CN=C2N1. The summed E-state index contributed by atoms with van der Waals surface area (Å²) in [5.74, 6) is 1.65. The van der Waals surface area contributed by atoms with E-state index in [1.165, 1.54) is 5.56 Å². The van der Waals surface area contributed by atoms with Crippen LogP contribution in [0.25, 0.3) is 0 Å². The Kier molecular flexibility index (Phi) is 2.31. The van der Waals surface area contributed by atoms with Crippen molar-refractivity contribution in [1.29, 1.82) is 0 Å². The second kappa shape index (κ2) is 3.81. The molecule has 3 rings (SSSR count). The van der Waals surface area contributed by atoms with E-state index in [2.05, 4.69) is 52.5 Å². The van der Waals surface area contributed by atoms with Crippen molar-refractivity contribution in [3.63, 3.8) is 0 Å². The highest BCUT2D eigenvalue weighted by Gasteiger charge is 2.29. The summed E-state index contributed by atoms with van der Waals surface area (Å²) in [7, 11) is 0. The fourth-order valence-corrected chi connectivity index (χ4v) is 2.54. The van der Waals surface area contributed by atoms with Gasteiger partial charge in [-0.05, 0) is 12.5 Å². The maximum absolute atomic E-state index is 4.63. The summed E-state index contributed by atoms with van der Waals surface area (Å²) in [4.78, 5) is 7.00. The summed E-state index contributed by atoms with van der Waals surface area (Å²) in [5.41, 5.74) is 1.41. The van der Waals surface area contributed by atoms with Gasteiger partial charge < -0.3 is 10.2 Å². The molecule has 2 heterocycles. The van der Waals surface area contributed by atoms with E-state index in [9.17, 15) is 0 Å². The van der Waals surface area contributed by atoms with Crippen LogP contribution in [-0.2, 0) is 0 Å². The quantitative estimate of drug-likeness (QED) is 0.767. The minimum absolute atomic E-state index is 0.535. The van der Waals surface area contributed by atoms with Gasteiger partial charge in [-0.25, -0.2) is 0 Å². The van der Waals surface area contributed by atoms with Crippen LogP contribution in [0.4, 0.5) is 0 Å². The van der Waals surface area contributed by atoms with Gasteiger partial charge in [0.15, 0.2) is 5.96 Å². The number of guanidine groups is 1. The molecular weight excluding hydrogens is 198 g/mol. The molecule has 0 amide bonds. The van der Waals surface area contributed by atoms with Crippen LogP contribution in [0.2, 0.25) is 0 Å². The summed E-state index contributed by atoms with van der Waals surface area (Å²) < 4.78 is 0. The summed E-state index contributed by atoms with van der Waals surface area (Å²) in [5, 5.41) is 3.40. The van der Waals surface area contributed by atoms with Crippen molar-refractivity contribution in [2.24, 2.45) is 4.99 Å². The van der Waals surface area contributed by atoms with Crippen LogP contribution >= 0.6 is 0 Å². The van der Waals surface area contributed by atoms with Gasteiger partial charge in [-0.15, -0.1) is 0 Å². The molecule has 0 saturated carbocycles. The molecule has 0 aromatic heterocycles. The summed E-state index contributed by atoms with van der Waals surface area (Å²) in [6, 6.07) is 11.2. The van der Waals surface area contributed by atoms with Gasteiger partial charge in [0.1, 0.15) is 0 Å². The van der Waals surface area contributed by atoms with Gasteiger partial charge in [-0.2, -0.15) is 0 Å². The van der Waals surface area contributed by atoms with E-state index in [1.807, 2.05) is 0 Å². The molecule has 2 atom stereocenters. The van der Waals surface area contributed by atoms with Crippen molar-refractivity contribution in [3.8, 4) is 0 Å². The third-order valence-electron chi connectivity index (χ3n) is 3.34. The molecule has 84 valence electrons. The zero-order valence-electron chi connectivity index (χ0n) is 9.56. The van der Waals surface area contributed by atoms with E-state index < -0.39 is 0 Å². The first-order chi connectivity index (χ1) is 7.83. The number of fused-ring (bicyclic) bond motifs is 1. The van der Waals surface area contributed by atoms with Crippen LogP contribution < -0.4 is 5.32 Å². The van der Waals surface area contributed by atoms with Crippen molar-refractivity contribution < 1.29 is 0 Å². The van der Waals surface area contributed by atoms with E-state index in [-0.39, 0.29) is 0 Å². The molecule has 0 aliphatic carbocycles. The van der Waals surface area contributed by atoms with Gasteiger partial charge >= 0.3 is 0 Å². The number of hydrogen-bond donors (Lipinski definition) is 1. The van der Waals surface area contributed by atoms with E-state index in [0.717, 1.165) is 25.6 Å². The molecule has 1 aromatic carbocycles. The maximum Gasteiger partial charge on any atom is 0.194 e. The predicted molar refractivity (Wildman–Crippen MR) is 65.7 cm³/mol. The molecule has 3 heteroatoms. The molecule has 0 radical (unpaired) electrons. The van der Waals surface area contributed by atoms with Crippen LogP contribution in [0.3, 0.4) is 0 Å². The normalized spacial score (nSPS) is 28.3. The molecule has 1 fully saturated rings. The highest BCUT2D eigenvalue weighted by molar-refractivity contribution is 5.83. The first-order valence-corrected chi connectivity index (χ1v) is 5.94. The molecule has 1 N–H and O–H groups in total. The molecule has 2 aliphatic heterocycles. The first-order valence-electron chi connectivity index (χ1n) is 5.94. The molecule has 2 unspecified atom stereocenters. The highest BCUT2D eigenvalue weighted by atomic mass is 15.4. The largest absolute Gasteiger partial charge is 0.352 e. The van der Waals surface area contributed by atoms with Crippen LogP contribution in [0.5, 0.6) is 0 Å². The lowest BCUT2D eigenvalue weighted by atomic mass is 9.98. The van der Waals surface area contributed by atoms with Crippen molar-refractivity contribution in [2.75, 3.05) is 19.6 Å². The molecule has 0 bridgehead atoms. The van der Waals surface area contributed by atoms with Crippen LogP contribution in [0, 0.1) is 0 Å². The highest BCUT2D eigenvalue weighted by Crippen LogP contribution is 2.22. The minimum atomic E-state index is 0.535. The lowest BCUT2D eigenvalue weighted by Crippen LogP contribution is -2.38. The lowest BCUT2D eigenvalue weighted by Gasteiger charge is -2.28. The molecule has 2 aliphatic rings. The van der Waals surface area contributed by atoms with Crippen LogP contribution in [0.1, 0.15) is 18.4 Å². The standard InChI is InChI=1S/C13H17N3/c1-10-8-16-9-12(7-14-13(16)15-10)11-5-3-2-4-6-11/h2-6,10,12H,7-9H2,1H3,(H,14,15). The summed E-state index contributed by atoms with van der Waals surface area (Å²) in [6.07, 6.45) is 0. The molecule has 1 saturated heterocycles. The molecule has 3 nitrogen and oxygen atoms in total. The van der Waals surface area contributed by atoms with Gasteiger partial charge in [-0.1, -0.05) is 30.3 Å². The van der Waals surface area contributed by atoms with E-state index in [0.29, 0.717) is 12.0 Å². The topological polar surface area (TPSA) is 27.6 Å². The van der Waals surface area contributed by atoms with Gasteiger partial charge in [0.2, 0.25) is 0 Å². The van der Waals surface area contributed by atoms with Gasteiger partial charge in [0.25, 0.3) is 0 Å². The van der Waals surface area contributed by atoms with Crippen molar-refractivity contribution in [3.05, 3.63) is 35.9 Å². The molecular formula is C13H17N3. The number of nitrogens with zero attached hydrogens (tertiary/aromatic N) is 2. The molecule has 0 spiro atoms. The van der Waals surface area contributed by atoms with Gasteiger partial charge in [0.05, 0.1) is 6.54 Å². The Morgan fingerprint density at radius 3 is 2.88 bits per heavy atom. The maximum atomic E-state index is 4.63. The average Bonchev–Trinajstić information content (AvgIpc) is 2.69. The Labute approximate surface area is 96.2 Å². The summed E-state index contributed by atoms with van der Waals surface area (Å²) in [6.45, 7) is 5.30. The van der Waals surface area contributed by atoms with Crippen LogP contribution in [0.15, 0.2) is 35.3 Å². The van der Waals surface area contributed by atoms with Crippen molar-refractivity contribution >= 4 is 5.96 Å². The van der Waals surface area contributed by atoms with E-state index in [1.54, 1.807) is 0 Å². The Morgan fingerprint density at radius 2 is 2.06 bits per heavy atom. The predicted octanol–water partition coefficient (Wildman–Crippen LogP) is 1.43. The lowest BCUT2D eigenvalue weighted by molar-refractivity contribution is 0.386. The Hall–Kier alpha value is -1.51.